The number of nitrogens with one attached hydrogen (secondary N) is 1. The lowest BCUT2D eigenvalue weighted by Gasteiger charge is -2.33. The molecular formula is C15H15N3O3. The van der Waals surface area contributed by atoms with E-state index in [9.17, 15) is 14.7 Å². The van der Waals surface area contributed by atoms with Crippen LogP contribution in [0.5, 0.6) is 0 Å². The number of amides is 1. The molecular weight excluding hydrogens is 270 g/mol. The molecule has 0 bridgehead atoms. The Morgan fingerprint density at radius 3 is 3.00 bits per heavy atom. The molecule has 108 valence electrons. The van der Waals surface area contributed by atoms with Gasteiger partial charge in [0.05, 0.1) is 5.52 Å². The number of carboxylic acid groups (broad SMARTS) is 1. The Morgan fingerprint density at radius 1 is 1.33 bits per heavy atom. The van der Waals surface area contributed by atoms with Gasteiger partial charge < -0.3 is 15.3 Å². The number of carbonyl (C=O) groups excluding carboxylic acids is 1. The summed E-state index contributed by atoms with van der Waals surface area (Å²) in [6.07, 6.45) is 1.70. The maximum atomic E-state index is 12.6. The Morgan fingerprint density at radius 2 is 2.19 bits per heavy atom. The topological polar surface area (TPSA) is 82.5 Å². The first-order chi connectivity index (χ1) is 10.2. The van der Waals surface area contributed by atoms with E-state index in [0.717, 1.165) is 10.9 Å². The summed E-state index contributed by atoms with van der Waals surface area (Å²) in [5.74, 6) is -1.24. The second-order valence-corrected chi connectivity index (χ2v) is 4.97. The molecule has 2 N–H and O–H groups in total. The van der Waals surface area contributed by atoms with Crippen molar-refractivity contribution in [3.8, 4) is 0 Å². The van der Waals surface area contributed by atoms with Gasteiger partial charge in [0.1, 0.15) is 6.04 Å². The van der Waals surface area contributed by atoms with Crippen LogP contribution in [-0.2, 0) is 4.79 Å². The fourth-order valence-corrected chi connectivity index (χ4v) is 2.54. The first-order valence-electron chi connectivity index (χ1n) is 6.76. The predicted molar refractivity (Wildman–Crippen MR) is 77.1 cm³/mol. The number of nitrogens with zero attached hydrogens (tertiary/aromatic N) is 2. The molecule has 21 heavy (non-hydrogen) atoms. The first-order valence-corrected chi connectivity index (χ1v) is 6.76. The van der Waals surface area contributed by atoms with Gasteiger partial charge >= 0.3 is 5.97 Å². The fourth-order valence-electron chi connectivity index (χ4n) is 2.54. The average Bonchev–Trinajstić information content (AvgIpc) is 2.53. The molecule has 1 fully saturated rings. The summed E-state index contributed by atoms with van der Waals surface area (Å²) in [5.41, 5.74) is 1.30. The van der Waals surface area contributed by atoms with E-state index in [-0.39, 0.29) is 12.5 Å². The summed E-state index contributed by atoms with van der Waals surface area (Å²) < 4.78 is 0. The number of hydrogen-bond donors (Lipinski definition) is 2. The zero-order valence-electron chi connectivity index (χ0n) is 11.3. The van der Waals surface area contributed by atoms with Crippen LogP contribution in [0.25, 0.3) is 10.9 Å². The summed E-state index contributed by atoms with van der Waals surface area (Å²) in [6, 6.07) is 8.09. The molecule has 2 heterocycles. The highest BCUT2D eigenvalue weighted by Gasteiger charge is 2.32. The van der Waals surface area contributed by atoms with Gasteiger partial charge in [-0.1, -0.05) is 6.07 Å². The normalized spacial score (nSPS) is 18.7. The van der Waals surface area contributed by atoms with Crippen molar-refractivity contribution in [2.75, 3.05) is 19.6 Å². The van der Waals surface area contributed by atoms with E-state index < -0.39 is 12.0 Å². The summed E-state index contributed by atoms with van der Waals surface area (Å²) in [5, 5.41) is 13.1. The van der Waals surface area contributed by atoms with Gasteiger partial charge in [0, 0.05) is 36.8 Å². The Bertz CT molecular complexity index is 701. The molecule has 0 saturated carbocycles. The third-order valence-corrected chi connectivity index (χ3v) is 3.64. The Labute approximate surface area is 121 Å². The van der Waals surface area contributed by atoms with Crippen LogP contribution in [0.1, 0.15) is 10.4 Å². The monoisotopic (exact) mass is 285 g/mol. The summed E-state index contributed by atoms with van der Waals surface area (Å²) in [4.78, 5) is 29.5. The lowest BCUT2D eigenvalue weighted by Crippen LogP contribution is -2.56. The van der Waals surface area contributed by atoms with E-state index in [0.29, 0.717) is 18.7 Å². The van der Waals surface area contributed by atoms with Gasteiger partial charge in [0.2, 0.25) is 0 Å². The maximum absolute atomic E-state index is 12.6. The van der Waals surface area contributed by atoms with Crippen molar-refractivity contribution < 1.29 is 14.7 Å². The number of piperazine rings is 1. The van der Waals surface area contributed by atoms with Gasteiger partial charge in [-0.25, -0.2) is 4.79 Å². The fraction of sp³-hybridized carbons (Fsp3) is 0.267. The third-order valence-electron chi connectivity index (χ3n) is 3.64. The summed E-state index contributed by atoms with van der Waals surface area (Å²) in [7, 11) is 0. The van der Waals surface area contributed by atoms with E-state index >= 15 is 0 Å². The molecule has 1 unspecified atom stereocenters. The highest BCUT2D eigenvalue weighted by Crippen LogP contribution is 2.16. The number of pyridine rings is 1. The van der Waals surface area contributed by atoms with Gasteiger partial charge in [0.15, 0.2) is 0 Å². The molecule has 2 aromatic rings. The number of aliphatic carboxylic acids is 1. The largest absolute Gasteiger partial charge is 0.480 e. The number of fused-ring (bicyclic) bond motifs is 1. The zero-order valence-corrected chi connectivity index (χ0v) is 11.3. The summed E-state index contributed by atoms with van der Waals surface area (Å²) >= 11 is 0. The first kappa shape index (κ1) is 13.5. The molecule has 0 radical (unpaired) electrons. The third kappa shape index (κ3) is 2.57. The Balaban J connectivity index is 1.93. The van der Waals surface area contributed by atoms with Crippen molar-refractivity contribution in [3.05, 3.63) is 42.1 Å². The number of aromatic nitrogens is 1. The molecule has 3 rings (SSSR count). The average molecular weight is 285 g/mol. The van der Waals surface area contributed by atoms with Crippen molar-refractivity contribution in [2.24, 2.45) is 0 Å². The number of rotatable bonds is 2. The predicted octanol–water partition coefficient (Wildman–Crippen LogP) is 0.733. The maximum Gasteiger partial charge on any atom is 0.327 e. The minimum Gasteiger partial charge on any atom is -0.480 e. The molecule has 1 saturated heterocycles. The molecule has 1 aliphatic heterocycles. The van der Waals surface area contributed by atoms with Crippen LogP contribution in [0.15, 0.2) is 36.5 Å². The van der Waals surface area contributed by atoms with E-state index in [1.54, 1.807) is 24.4 Å². The number of carbonyl (C=O) groups is 2. The van der Waals surface area contributed by atoms with Gasteiger partial charge in [-0.3, -0.25) is 9.78 Å². The molecule has 1 aliphatic rings. The second-order valence-electron chi connectivity index (χ2n) is 4.97. The van der Waals surface area contributed by atoms with Crippen LogP contribution < -0.4 is 5.32 Å². The highest BCUT2D eigenvalue weighted by atomic mass is 16.4. The van der Waals surface area contributed by atoms with E-state index in [4.69, 9.17) is 0 Å². The van der Waals surface area contributed by atoms with E-state index in [1.165, 1.54) is 4.90 Å². The van der Waals surface area contributed by atoms with Crippen molar-refractivity contribution in [3.63, 3.8) is 0 Å². The van der Waals surface area contributed by atoms with Crippen molar-refractivity contribution in [1.29, 1.82) is 0 Å². The van der Waals surface area contributed by atoms with Crippen LogP contribution in [-0.4, -0.2) is 52.5 Å². The van der Waals surface area contributed by atoms with Crippen LogP contribution in [0.3, 0.4) is 0 Å². The van der Waals surface area contributed by atoms with Gasteiger partial charge in [-0.05, 0) is 24.3 Å². The van der Waals surface area contributed by atoms with Crippen molar-refractivity contribution in [1.82, 2.24) is 15.2 Å². The van der Waals surface area contributed by atoms with Gasteiger partial charge in [-0.15, -0.1) is 0 Å². The minimum absolute atomic E-state index is 0.255. The Hall–Kier alpha value is -2.47. The highest BCUT2D eigenvalue weighted by molar-refractivity contribution is 5.99. The van der Waals surface area contributed by atoms with Crippen LogP contribution >= 0.6 is 0 Å². The van der Waals surface area contributed by atoms with E-state index in [1.807, 2.05) is 12.1 Å². The number of carboxylic acids is 1. The zero-order chi connectivity index (χ0) is 14.8. The lowest BCUT2D eigenvalue weighted by atomic mass is 10.1. The van der Waals surface area contributed by atoms with Gasteiger partial charge in [-0.2, -0.15) is 0 Å². The summed E-state index contributed by atoms with van der Waals surface area (Å²) in [6.45, 7) is 1.27. The molecule has 6 heteroatoms. The van der Waals surface area contributed by atoms with E-state index in [2.05, 4.69) is 10.3 Å². The van der Waals surface area contributed by atoms with Crippen molar-refractivity contribution >= 4 is 22.8 Å². The van der Waals surface area contributed by atoms with Crippen LogP contribution in [0.4, 0.5) is 0 Å². The molecule has 6 nitrogen and oxygen atoms in total. The minimum atomic E-state index is -0.988. The smallest absolute Gasteiger partial charge is 0.327 e. The number of hydrogen-bond acceptors (Lipinski definition) is 4. The molecule has 0 spiro atoms. The second kappa shape index (κ2) is 5.49. The van der Waals surface area contributed by atoms with Gasteiger partial charge in [0.25, 0.3) is 5.91 Å². The van der Waals surface area contributed by atoms with Crippen LogP contribution in [0, 0.1) is 0 Å². The van der Waals surface area contributed by atoms with Crippen LogP contribution in [0.2, 0.25) is 0 Å². The molecule has 0 aliphatic carbocycles. The molecule has 1 atom stereocenters. The quantitative estimate of drug-likeness (QED) is 0.850. The lowest BCUT2D eigenvalue weighted by molar-refractivity contribution is -0.142. The standard InChI is InChI=1S/C15H15N3O3/c19-14(18-7-6-16-9-13(18)15(20)21)11-3-4-12-10(8-11)2-1-5-17-12/h1-5,8,13,16H,6-7,9H2,(H,20,21). The molecule has 1 aromatic carbocycles. The molecule has 1 aromatic heterocycles. The number of benzene rings is 1. The SMILES string of the molecule is O=C(O)C1CNCCN1C(=O)c1ccc2ncccc2c1. The van der Waals surface area contributed by atoms with Crippen molar-refractivity contribution in [2.45, 2.75) is 6.04 Å². The Kier molecular flexibility index (Phi) is 3.53. The molecule has 1 amide bonds.